The second-order valence-electron chi connectivity index (χ2n) is 3.98. The lowest BCUT2D eigenvalue weighted by Gasteiger charge is -2.26. The van der Waals surface area contributed by atoms with Gasteiger partial charge in [0.1, 0.15) is 5.82 Å². The maximum Gasteiger partial charge on any atom is 0.419 e. The normalized spacial score (nSPS) is 19.2. The van der Waals surface area contributed by atoms with E-state index in [1.54, 1.807) is 0 Å². The number of amides is 1. The van der Waals surface area contributed by atoms with Gasteiger partial charge in [-0.25, -0.2) is 4.39 Å². The molecular weight excluding hydrogens is 252 g/mol. The SMILES string of the molecule is O=C(Nc1ccc(F)c(C(F)(F)F)c1)C1CCN1. The molecule has 98 valence electrons. The molecule has 0 spiro atoms. The van der Waals surface area contributed by atoms with Gasteiger partial charge < -0.3 is 10.6 Å². The first-order valence-corrected chi connectivity index (χ1v) is 5.29. The minimum Gasteiger partial charge on any atom is -0.325 e. The molecule has 1 heterocycles. The molecule has 1 amide bonds. The molecule has 2 rings (SSSR count). The van der Waals surface area contributed by atoms with E-state index in [0.717, 1.165) is 6.07 Å². The molecule has 3 nitrogen and oxygen atoms in total. The summed E-state index contributed by atoms with van der Waals surface area (Å²) >= 11 is 0. The molecule has 1 aromatic carbocycles. The van der Waals surface area contributed by atoms with Crippen LogP contribution in [0.4, 0.5) is 23.2 Å². The van der Waals surface area contributed by atoms with Gasteiger partial charge >= 0.3 is 6.18 Å². The van der Waals surface area contributed by atoms with Crippen LogP contribution in [0.5, 0.6) is 0 Å². The Morgan fingerprint density at radius 3 is 2.56 bits per heavy atom. The van der Waals surface area contributed by atoms with Gasteiger partial charge in [-0.3, -0.25) is 4.79 Å². The zero-order valence-electron chi connectivity index (χ0n) is 9.14. The number of alkyl halides is 3. The lowest BCUT2D eigenvalue weighted by Crippen LogP contribution is -2.50. The topological polar surface area (TPSA) is 41.1 Å². The van der Waals surface area contributed by atoms with Crippen LogP contribution in [0.1, 0.15) is 12.0 Å². The van der Waals surface area contributed by atoms with Crippen LogP contribution in [0, 0.1) is 5.82 Å². The van der Waals surface area contributed by atoms with Crippen molar-refractivity contribution in [2.45, 2.75) is 18.6 Å². The number of benzene rings is 1. The molecule has 1 unspecified atom stereocenters. The fraction of sp³-hybridized carbons (Fsp3) is 0.364. The van der Waals surface area contributed by atoms with Crippen LogP contribution in [-0.4, -0.2) is 18.5 Å². The van der Waals surface area contributed by atoms with Crippen LogP contribution in [0.3, 0.4) is 0 Å². The first-order valence-electron chi connectivity index (χ1n) is 5.29. The van der Waals surface area contributed by atoms with E-state index in [1.807, 2.05) is 0 Å². The van der Waals surface area contributed by atoms with Gasteiger partial charge in [-0.05, 0) is 31.2 Å². The average Bonchev–Trinajstić information content (AvgIpc) is 2.16. The van der Waals surface area contributed by atoms with Crippen molar-refractivity contribution in [2.24, 2.45) is 0 Å². The molecule has 1 atom stereocenters. The van der Waals surface area contributed by atoms with Crippen molar-refractivity contribution in [1.82, 2.24) is 5.32 Å². The van der Waals surface area contributed by atoms with Crippen LogP contribution in [-0.2, 0) is 11.0 Å². The molecule has 2 N–H and O–H groups in total. The second kappa shape index (κ2) is 4.56. The van der Waals surface area contributed by atoms with E-state index in [-0.39, 0.29) is 11.7 Å². The first-order chi connectivity index (χ1) is 8.38. The number of nitrogens with one attached hydrogen (secondary N) is 2. The van der Waals surface area contributed by atoms with E-state index in [2.05, 4.69) is 10.6 Å². The number of carbonyl (C=O) groups is 1. The maximum atomic E-state index is 13.0. The second-order valence-corrected chi connectivity index (χ2v) is 3.98. The Bertz CT molecular complexity index is 469. The number of hydrogen-bond acceptors (Lipinski definition) is 2. The summed E-state index contributed by atoms with van der Waals surface area (Å²) in [5.74, 6) is -1.77. The summed E-state index contributed by atoms with van der Waals surface area (Å²) in [6, 6.07) is 1.99. The Balaban J connectivity index is 2.16. The third-order valence-corrected chi connectivity index (χ3v) is 2.68. The minimum atomic E-state index is -4.78. The molecule has 1 aliphatic rings. The number of carbonyl (C=O) groups excluding carboxylic acids is 1. The lowest BCUT2D eigenvalue weighted by atomic mass is 10.1. The predicted molar refractivity (Wildman–Crippen MR) is 56.4 cm³/mol. The predicted octanol–water partition coefficient (Wildman–Crippen LogP) is 2.14. The monoisotopic (exact) mass is 262 g/mol. The third-order valence-electron chi connectivity index (χ3n) is 2.68. The number of anilines is 1. The van der Waals surface area contributed by atoms with Gasteiger partial charge in [0.25, 0.3) is 0 Å². The van der Waals surface area contributed by atoms with Gasteiger partial charge in [0, 0.05) is 5.69 Å². The molecule has 0 radical (unpaired) electrons. The highest BCUT2D eigenvalue weighted by Crippen LogP contribution is 2.33. The summed E-state index contributed by atoms with van der Waals surface area (Å²) in [6.45, 7) is 0.704. The Morgan fingerprint density at radius 2 is 2.06 bits per heavy atom. The fourth-order valence-electron chi connectivity index (χ4n) is 1.56. The van der Waals surface area contributed by atoms with Crippen LogP contribution in [0.15, 0.2) is 18.2 Å². The zero-order valence-corrected chi connectivity index (χ0v) is 9.14. The fourth-order valence-corrected chi connectivity index (χ4v) is 1.56. The molecule has 0 bridgehead atoms. The van der Waals surface area contributed by atoms with Crippen LogP contribution in [0.2, 0.25) is 0 Å². The summed E-state index contributed by atoms with van der Waals surface area (Å²) in [6.07, 6.45) is -4.14. The van der Waals surface area contributed by atoms with E-state index in [9.17, 15) is 22.4 Å². The Labute approximate surface area is 100 Å². The Morgan fingerprint density at radius 1 is 1.39 bits per heavy atom. The van der Waals surface area contributed by atoms with Gasteiger partial charge in [0.05, 0.1) is 11.6 Å². The highest BCUT2D eigenvalue weighted by molar-refractivity contribution is 5.95. The molecule has 7 heteroatoms. The quantitative estimate of drug-likeness (QED) is 0.802. The molecule has 1 saturated heterocycles. The van der Waals surface area contributed by atoms with Gasteiger partial charge in [0.15, 0.2) is 0 Å². The van der Waals surface area contributed by atoms with Gasteiger partial charge in [0.2, 0.25) is 5.91 Å². The van der Waals surface area contributed by atoms with Crippen molar-refractivity contribution in [1.29, 1.82) is 0 Å². The van der Waals surface area contributed by atoms with Gasteiger partial charge in [-0.2, -0.15) is 13.2 Å². The largest absolute Gasteiger partial charge is 0.419 e. The van der Waals surface area contributed by atoms with Crippen molar-refractivity contribution in [3.63, 3.8) is 0 Å². The van der Waals surface area contributed by atoms with Crippen LogP contribution in [0.25, 0.3) is 0 Å². The summed E-state index contributed by atoms with van der Waals surface area (Å²) < 4.78 is 50.3. The van der Waals surface area contributed by atoms with E-state index in [4.69, 9.17) is 0 Å². The number of rotatable bonds is 2. The molecule has 18 heavy (non-hydrogen) atoms. The highest BCUT2D eigenvalue weighted by Gasteiger charge is 2.34. The molecule has 0 saturated carbocycles. The van der Waals surface area contributed by atoms with E-state index < -0.39 is 23.5 Å². The minimum absolute atomic E-state index is 0.0672. The van der Waals surface area contributed by atoms with E-state index >= 15 is 0 Å². The first kappa shape index (κ1) is 12.8. The average molecular weight is 262 g/mol. The number of halogens is 4. The molecule has 1 aliphatic heterocycles. The zero-order chi connectivity index (χ0) is 13.3. The molecule has 0 aromatic heterocycles. The third kappa shape index (κ3) is 2.61. The molecular formula is C11H10F4N2O. The molecule has 1 fully saturated rings. The summed E-state index contributed by atoms with van der Waals surface area (Å²) in [5.41, 5.74) is -1.45. The van der Waals surface area contributed by atoms with E-state index in [0.29, 0.717) is 25.1 Å². The van der Waals surface area contributed by atoms with Crippen molar-refractivity contribution in [2.75, 3.05) is 11.9 Å². The summed E-state index contributed by atoms with van der Waals surface area (Å²) in [5, 5.41) is 5.13. The van der Waals surface area contributed by atoms with Crippen LogP contribution < -0.4 is 10.6 Å². The smallest absolute Gasteiger partial charge is 0.325 e. The van der Waals surface area contributed by atoms with Crippen molar-refractivity contribution in [3.05, 3.63) is 29.6 Å². The molecule has 0 aliphatic carbocycles. The van der Waals surface area contributed by atoms with Crippen molar-refractivity contribution < 1.29 is 22.4 Å². The Kier molecular flexibility index (Phi) is 3.25. The van der Waals surface area contributed by atoms with Crippen LogP contribution >= 0.6 is 0 Å². The van der Waals surface area contributed by atoms with E-state index in [1.165, 1.54) is 0 Å². The summed E-state index contributed by atoms with van der Waals surface area (Å²) in [4.78, 5) is 11.5. The summed E-state index contributed by atoms with van der Waals surface area (Å²) in [7, 11) is 0. The standard InChI is InChI=1S/C11H10F4N2O/c12-8-2-1-6(5-7(8)11(13,14)15)17-10(18)9-3-4-16-9/h1-2,5,9,16H,3-4H2,(H,17,18). The maximum absolute atomic E-state index is 13.0. The van der Waals surface area contributed by atoms with Gasteiger partial charge in [-0.1, -0.05) is 0 Å². The van der Waals surface area contributed by atoms with Crippen molar-refractivity contribution in [3.8, 4) is 0 Å². The number of hydrogen-bond donors (Lipinski definition) is 2. The molecule has 1 aromatic rings. The van der Waals surface area contributed by atoms with Gasteiger partial charge in [-0.15, -0.1) is 0 Å². The highest BCUT2D eigenvalue weighted by atomic mass is 19.4. The lowest BCUT2D eigenvalue weighted by molar-refractivity contribution is -0.140. The van der Waals surface area contributed by atoms with Crippen molar-refractivity contribution >= 4 is 11.6 Å². The Hall–Kier alpha value is -1.63.